The number of hydrogen-bond acceptors (Lipinski definition) is 9. The summed E-state index contributed by atoms with van der Waals surface area (Å²) in [7, 11) is 0. The number of aliphatic carboxylic acids is 1. The Labute approximate surface area is 119 Å². The predicted octanol–water partition coefficient (Wildman–Crippen LogP) is -5.21. The molecule has 10 heteroatoms. The number of rotatable bonds is 5. The summed E-state index contributed by atoms with van der Waals surface area (Å²) in [6, 6.07) is -1.29. The number of carboxylic acids is 1. The van der Waals surface area contributed by atoms with E-state index in [1.807, 2.05) is 0 Å². The number of aliphatic hydroxyl groups is 5. The van der Waals surface area contributed by atoms with E-state index < -0.39 is 61.1 Å². The third-order valence-electron chi connectivity index (χ3n) is 3.19. The van der Waals surface area contributed by atoms with Crippen LogP contribution in [-0.4, -0.2) is 80.3 Å². The van der Waals surface area contributed by atoms with Gasteiger partial charge in [-0.2, -0.15) is 0 Å². The normalized spacial score (nSPS) is 35.8. The minimum absolute atomic E-state index is 0.614. The molecule has 1 rings (SSSR count). The van der Waals surface area contributed by atoms with Crippen molar-refractivity contribution in [2.24, 2.45) is 0 Å². The van der Waals surface area contributed by atoms with Gasteiger partial charge in [0.05, 0.1) is 18.8 Å². The van der Waals surface area contributed by atoms with Crippen molar-refractivity contribution in [3.63, 3.8) is 0 Å². The summed E-state index contributed by atoms with van der Waals surface area (Å²) in [6.07, 6.45) is -7.67. The molecule has 6 N–H and O–H groups in total. The number of hydrogen-bond donors (Lipinski definition) is 6. The van der Waals surface area contributed by atoms with E-state index in [2.05, 4.69) is 5.32 Å². The highest BCUT2D eigenvalue weighted by Crippen LogP contribution is 2.29. The lowest BCUT2D eigenvalue weighted by atomic mass is 9.88. The first-order valence-electron chi connectivity index (χ1n) is 6.16. The zero-order valence-electron chi connectivity index (χ0n) is 11.2. The van der Waals surface area contributed by atoms with E-state index in [1.54, 1.807) is 0 Å². The molecule has 10 nitrogen and oxygen atoms in total. The predicted molar refractivity (Wildman–Crippen MR) is 62.2 cm³/mol. The molecule has 1 fully saturated rings. The number of ether oxygens (including phenoxy) is 1. The van der Waals surface area contributed by atoms with Crippen molar-refractivity contribution in [3.05, 3.63) is 0 Å². The molecule has 0 aromatic carbocycles. The Kier molecular flexibility index (Phi) is 5.61. The third kappa shape index (κ3) is 3.87. The van der Waals surface area contributed by atoms with Crippen molar-refractivity contribution in [1.82, 2.24) is 5.32 Å². The van der Waals surface area contributed by atoms with Gasteiger partial charge in [-0.3, -0.25) is 4.79 Å². The van der Waals surface area contributed by atoms with Gasteiger partial charge in [-0.25, -0.2) is 0 Å². The highest BCUT2D eigenvalue weighted by molar-refractivity contribution is 5.74. The fourth-order valence-electron chi connectivity index (χ4n) is 2.13. The highest BCUT2D eigenvalue weighted by atomic mass is 16.7. The minimum Gasteiger partial charge on any atom is -0.544 e. The molecule has 1 unspecified atom stereocenters. The Morgan fingerprint density at radius 1 is 1.48 bits per heavy atom. The molecule has 21 heavy (non-hydrogen) atoms. The summed E-state index contributed by atoms with van der Waals surface area (Å²) < 4.78 is 4.80. The summed E-state index contributed by atoms with van der Waals surface area (Å²) in [4.78, 5) is 22.0. The maximum Gasteiger partial charge on any atom is 0.217 e. The Balaban J connectivity index is 3.07. The van der Waals surface area contributed by atoms with Crippen LogP contribution in [0.5, 0.6) is 0 Å². The van der Waals surface area contributed by atoms with Gasteiger partial charge in [0.2, 0.25) is 11.7 Å². The van der Waals surface area contributed by atoms with Crippen LogP contribution in [0.1, 0.15) is 13.3 Å². The second kappa shape index (κ2) is 6.64. The topological polar surface area (TPSA) is 180 Å². The SMILES string of the molecule is CC(=O)N[C@H]1C([C@H](O)[C@H](O)CO)O[C@](O)(C(=O)[O-])C[C@H]1O. The average molecular weight is 308 g/mol. The van der Waals surface area contributed by atoms with E-state index in [9.17, 15) is 35.1 Å². The van der Waals surface area contributed by atoms with E-state index in [-0.39, 0.29) is 0 Å². The number of nitrogens with one attached hydrogen (secondary N) is 1. The summed E-state index contributed by atoms with van der Waals surface area (Å²) in [5.41, 5.74) is 0. The van der Waals surface area contributed by atoms with Gasteiger partial charge in [0.15, 0.2) is 0 Å². The van der Waals surface area contributed by atoms with Gasteiger partial charge in [-0.05, 0) is 0 Å². The van der Waals surface area contributed by atoms with Crippen molar-refractivity contribution < 1.29 is 45.0 Å². The molecular weight excluding hydrogens is 290 g/mol. The first-order valence-corrected chi connectivity index (χ1v) is 6.16. The molecule has 6 atom stereocenters. The number of carboxylic acid groups (broad SMARTS) is 1. The average Bonchev–Trinajstić information content (AvgIpc) is 2.39. The first-order chi connectivity index (χ1) is 9.62. The van der Waals surface area contributed by atoms with E-state index in [0.717, 1.165) is 6.92 Å². The quantitative estimate of drug-likeness (QED) is 0.289. The lowest BCUT2D eigenvalue weighted by Crippen LogP contribution is -2.68. The summed E-state index contributed by atoms with van der Waals surface area (Å²) in [5, 5.41) is 60.8. The summed E-state index contributed by atoms with van der Waals surface area (Å²) in [5.74, 6) is -5.55. The van der Waals surface area contributed by atoms with Gasteiger partial charge in [0, 0.05) is 13.3 Å². The Morgan fingerprint density at radius 3 is 2.48 bits per heavy atom. The van der Waals surface area contributed by atoms with Gasteiger partial charge in [0.1, 0.15) is 24.3 Å². The third-order valence-corrected chi connectivity index (χ3v) is 3.19. The molecule has 0 radical (unpaired) electrons. The van der Waals surface area contributed by atoms with Crippen LogP contribution in [0.3, 0.4) is 0 Å². The minimum atomic E-state index is -2.89. The molecule has 0 spiro atoms. The molecule has 1 heterocycles. The lowest BCUT2D eigenvalue weighted by Gasteiger charge is -2.46. The molecule has 1 aliphatic rings. The molecule has 0 saturated carbocycles. The Morgan fingerprint density at radius 2 is 2.05 bits per heavy atom. The van der Waals surface area contributed by atoms with Crippen molar-refractivity contribution in [2.75, 3.05) is 6.61 Å². The molecule has 0 aromatic heterocycles. The van der Waals surface area contributed by atoms with Crippen molar-refractivity contribution in [1.29, 1.82) is 0 Å². The van der Waals surface area contributed by atoms with E-state index in [0.29, 0.717) is 0 Å². The van der Waals surface area contributed by atoms with Gasteiger partial charge in [-0.15, -0.1) is 0 Å². The maximum atomic E-state index is 11.1. The largest absolute Gasteiger partial charge is 0.544 e. The van der Waals surface area contributed by atoms with Gasteiger partial charge < -0.3 is 45.5 Å². The molecule has 1 amide bonds. The van der Waals surface area contributed by atoms with Crippen molar-refractivity contribution >= 4 is 11.9 Å². The lowest BCUT2D eigenvalue weighted by molar-refractivity contribution is -0.374. The van der Waals surface area contributed by atoms with Crippen LogP contribution in [0.25, 0.3) is 0 Å². The van der Waals surface area contributed by atoms with Crippen LogP contribution in [0, 0.1) is 0 Å². The molecule has 122 valence electrons. The molecule has 0 aliphatic carbocycles. The maximum absolute atomic E-state index is 11.1. The highest BCUT2D eigenvalue weighted by Gasteiger charge is 2.50. The second-order valence-electron chi connectivity index (χ2n) is 4.89. The zero-order chi connectivity index (χ0) is 16.4. The zero-order valence-corrected chi connectivity index (χ0v) is 11.2. The first kappa shape index (κ1) is 17.8. The molecule has 0 aromatic rings. The molecule has 0 bridgehead atoms. The molecular formula is C11H18NO9-. The Hall–Kier alpha value is -1.30. The van der Waals surface area contributed by atoms with Crippen molar-refractivity contribution in [2.45, 2.75) is 49.6 Å². The van der Waals surface area contributed by atoms with E-state index in [1.165, 1.54) is 0 Å². The number of carbonyl (C=O) groups is 2. The fraction of sp³-hybridized carbons (Fsp3) is 0.818. The van der Waals surface area contributed by atoms with Gasteiger partial charge in [0.25, 0.3) is 0 Å². The smallest absolute Gasteiger partial charge is 0.217 e. The second-order valence-corrected chi connectivity index (χ2v) is 4.89. The van der Waals surface area contributed by atoms with Crippen LogP contribution in [0.2, 0.25) is 0 Å². The monoisotopic (exact) mass is 308 g/mol. The van der Waals surface area contributed by atoms with Crippen LogP contribution < -0.4 is 10.4 Å². The number of amides is 1. The van der Waals surface area contributed by atoms with Crippen LogP contribution in [0.4, 0.5) is 0 Å². The fourth-order valence-corrected chi connectivity index (χ4v) is 2.13. The van der Waals surface area contributed by atoms with E-state index in [4.69, 9.17) is 9.84 Å². The van der Waals surface area contributed by atoms with Crippen LogP contribution in [-0.2, 0) is 14.3 Å². The van der Waals surface area contributed by atoms with E-state index >= 15 is 0 Å². The number of aliphatic hydroxyl groups excluding tert-OH is 4. The molecule has 1 saturated heterocycles. The van der Waals surface area contributed by atoms with Crippen molar-refractivity contribution in [3.8, 4) is 0 Å². The summed E-state index contributed by atoms with van der Waals surface area (Å²) in [6.45, 7) is 0.228. The summed E-state index contributed by atoms with van der Waals surface area (Å²) >= 11 is 0. The Bertz CT molecular complexity index is 403. The standard InChI is InChI=1S/C11H19NO9/c1-4(14)12-7-5(15)2-11(20,10(18)19)21-9(7)8(17)6(16)3-13/h5-9,13,15-17,20H,2-3H2,1H3,(H,12,14)(H,18,19)/p-1/t5-,6-,7-,8-,9?,11+/m1/s1. The van der Waals surface area contributed by atoms with Crippen LogP contribution >= 0.6 is 0 Å². The van der Waals surface area contributed by atoms with Gasteiger partial charge >= 0.3 is 0 Å². The van der Waals surface area contributed by atoms with Crippen LogP contribution in [0.15, 0.2) is 0 Å². The number of carbonyl (C=O) groups excluding carboxylic acids is 2. The molecule has 1 aliphatic heterocycles. The van der Waals surface area contributed by atoms with Gasteiger partial charge in [-0.1, -0.05) is 0 Å².